The molecule has 1 aromatic rings. The van der Waals surface area contributed by atoms with Crippen molar-refractivity contribution in [1.29, 1.82) is 0 Å². The Morgan fingerprint density at radius 3 is 3.05 bits per heavy atom. The lowest BCUT2D eigenvalue weighted by molar-refractivity contribution is -0.0873. The summed E-state index contributed by atoms with van der Waals surface area (Å²) in [6.07, 6.45) is 4.62. The van der Waals surface area contributed by atoms with Crippen molar-refractivity contribution in [2.75, 3.05) is 26.2 Å². The van der Waals surface area contributed by atoms with Crippen molar-refractivity contribution in [1.82, 2.24) is 20.0 Å². The van der Waals surface area contributed by atoms with Crippen LogP contribution in [0.3, 0.4) is 0 Å². The molecular weight excluding hydrogens is 268 g/mol. The molecule has 0 aromatic carbocycles. The van der Waals surface area contributed by atoms with Gasteiger partial charge in [-0.25, -0.2) is 4.79 Å². The van der Waals surface area contributed by atoms with Crippen LogP contribution in [0.1, 0.15) is 27.2 Å². The van der Waals surface area contributed by atoms with E-state index in [9.17, 15) is 4.79 Å². The van der Waals surface area contributed by atoms with Gasteiger partial charge in [0.1, 0.15) is 0 Å². The second-order valence-electron chi connectivity index (χ2n) is 6.09. The summed E-state index contributed by atoms with van der Waals surface area (Å²) in [5.41, 5.74) is -0.212. The summed E-state index contributed by atoms with van der Waals surface area (Å²) >= 11 is 0. The minimum Gasteiger partial charge on any atom is -0.372 e. The highest BCUT2D eigenvalue weighted by Crippen LogP contribution is 2.20. The Balaban J connectivity index is 1.76. The van der Waals surface area contributed by atoms with Gasteiger partial charge in [0, 0.05) is 32.0 Å². The van der Waals surface area contributed by atoms with Gasteiger partial charge in [-0.15, -0.1) is 0 Å². The monoisotopic (exact) mass is 294 g/mol. The molecule has 2 heterocycles. The number of hydrogen-bond donors (Lipinski definition) is 1. The Labute approximate surface area is 126 Å². The third-order valence-electron chi connectivity index (χ3n) is 4.03. The minimum absolute atomic E-state index is 0.00490. The predicted octanol–water partition coefficient (Wildman–Crippen LogP) is 1.73. The van der Waals surface area contributed by atoms with Gasteiger partial charge in [0.15, 0.2) is 0 Å². The number of ether oxygens (including phenoxy) is 1. The number of hydrogen-bond acceptors (Lipinski definition) is 3. The van der Waals surface area contributed by atoms with Gasteiger partial charge in [-0.1, -0.05) is 13.8 Å². The van der Waals surface area contributed by atoms with E-state index in [1.165, 1.54) is 0 Å². The average molecular weight is 294 g/mol. The zero-order valence-electron chi connectivity index (χ0n) is 13.2. The highest BCUT2D eigenvalue weighted by Gasteiger charge is 2.32. The van der Waals surface area contributed by atoms with E-state index in [4.69, 9.17) is 4.74 Å². The van der Waals surface area contributed by atoms with Crippen LogP contribution in [0.2, 0.25) is 0 Å². The van der Waals surface area contributed by atoms with Crippen molar-refractivity contribution in [3.05, 3.63) is 18.5 Å². The van der Waals surface area contributed by atoms with Gasteiger partial charge < -0.3 is 15.0 Å². The van der Waals surface area contributed by atoms with Crippen LogP contribution < -0.4 is 5.32 Å². The average Bonchev–Trinajstić information content (AvgIpc) is 2.97. The van der Waals surface area contributed by atoms with Crippen molar-refractivity contribution < 1.29 is 9.53 Å². The first-order chi connectivity index (χ1) is 10.0. The Kier molecular flexibility index (Phi) is 5.22. The number of nitrogens with one attached hydrogen (secondary N) is 1. The fraction of sp³-hybridized carbons (Fsp3) is 0.733. The van der Waals surface area contributed by atoms with Crippen molar-refractivity contribution in [3.63, 3.8) is 0 Å². The van der Waals surface area contributed by atoms with Crippen molar-refractivity contribution in [2.24, 2.45) is 5.92 Å². The molecule has 1 aliphatic heterocycles. The second-order valence-corrected chi connectivity index (χ2v) is 6.09. The molecular formula is C15H26N4O2. The Morgan fingerprint density at radius 1 is 1.57 bits per heavy atom. The predicted molar refractivity (Wildman–Crippen MR) is 81.0 cm³/mol. The van der Waals surface area contributed by atoms with Crippen molar-refractivity contribution in [2.45, 2.75) is 39.3 Å². The van der Waals surface area contributed by atoms with E-state index < -0.39 is 0 Å². The molecule has 1 fully saturated rings. The first-order valence-electron chi connectivity index (χ1n) is 7.66. The van der Waals surface area contributed by atoms with E-state index in [1.54, 1.807) is 6.20 Å². The van der Waals surface area contributed by atoms with Gasteiger partial charge in [0.05, 0.1) is 18.8 Å². The molecule has 0 spiro atoms. The SMILES string of the molecule is CC[C@@]1(C)CN(C(=O)NC[C@H](C)Cn2cccn2)CCO1. The first kappa shape index (κ1) is 15.8. The summed E-state index contributed by atoms with van der Waals surface area (Å²) in [6, 6.07) is 1.91. The molecule has 6 heteroatoms. The molecule has 2 atom stereocenters. The van der Waals surface area contributed by atoms with Gasteiger partial charge in [0.2, 0.25) is 0 Å². The Bertz CT molecular complexity index is 449. The maximum Gasteiger partial charge on any atom is 0.317 e. The molecule has 21 heavy (non-hydrogen) atoms. The Morgan fingerprint density at radius 2 is 2.38 bits per heavy atom. The lowest BCUT2D eigenvalue weighted by Gasteiger charge is -2.40. The molecule has 2 amide bonds. The normalized spacial score (nSPS) is 23.9. The topological polar surface area (TPSA) is 59.4 Å². The van der Waals surface area contributed by atoms with Crippen LogP contribution in [0.15, 0.2) is 18.5 Å². The quantitative estimate of drug-likeness (QED) is 0.899. The van der Waals surface area contributed by atoms with Crippen LogP contribution in [0, 0.1) is 5.92 Å². The molecule has 0 bridgehead atoms. The summed E-state index contributed by atoms with van der Waals surface area (Å²) in [5.74, 6) is 0.340. The summed E-state index contributed by atoms with van der Waals surface area (Å²) in [7, 11) is 0. The summed E-state index contributed by atoms with van der Waals surface area (Å²) in [6.45, 7) is 9.65. The highest BCUT2D eigenvalue weighted by molar-refractivity contribution is 5.74. The van der Waals surface area contributed by atoms with E-state index in [0.717, 1.165) is 13.0 Å². The van der Waals surface area contributed by atoms with E-state index in [1.807, 2.05) is 21.8 Å². The fourth-order valence-electron chi connectivity index (χ4n) is 2.48. The molecule has 2 rings (SSSR count). The molecule has 1 aliphatic rings. The van der Waals surface area contributed by atoms with Crippen LogP contribution >= 0.6 is 0 Å². The number of amides is 2. The smallest absolute Gasteiger partial charge is 0.317 e. The van der Waals surface area contributed by atoms with Gasteiger partial charge in [-0.05, 0) is 25.3 Å². The van der Waals surface area contributed by atoms with Gasteiger partial charge in [0.25, 0.3) is 0 Å². The van der Waals surface area contributed by atoms with E-state index in [0.29, 0.717) is 32.2 Å². The van der Waals surface area contributed by atoms with Crippen LogP contribution in [-0.4, -0.2) is 52.6 Å². The number of aromatic nitrogens is 2. The number of nitrogens with zero attached hydrogens (tertiary/aromatic N) is 3. The molecule has 1 N–H and O–H groups in total. The number of morpholine rings is 1. The van der Waals surface area contributed by atoms with Crippen LogP contribution in [0.25, 0.3) is 0 Å². The standard InChI is InChI=1S/C15H26N4O2/c1-4-15(3)12-18(8-9-21-15)14(20)16-10-13(2)11-19-7-5-6-17-19/h5-7,13H,4,8-12H2,1-3H3,(H,16,20)/t13-,15-/m0/s1. The molecule has 118 valence electrons. The summed E-state index contributed by atoms with van der Waals surface area (Å²) in [5, 5.41) is 7.20. The summed E-state index contributed by atoms with van der Waals surface area (Å²) < 4.78 is 7.65. The first-order valence-corrected chi connectivity index (χ1v) is 7.66. The minimum atomic E-state index is -0.212. The van der Waals surface area contributed by atoms with Gasteiger partial charge >= 0.3 is 6.03 Å². The summed E-state index contributed by atoms with van der Waals surface area (Å²) in [4.78, 5) is 14.1. The number of carbonyl (C=O) groups is 1. The molecule has 1 aromatic heterocycles. The zero-order valence-corrected chi connectivity index (χ0v) is 13.2. The van der Waals surface area contributed by atoms with Crippen LogP contribution in [-0.2, 0) is 11.3 Å². The van der Waals surface area contributed by atoms with E-state index in [-0.39, 0.29) is 11.6 Å². The third-order valence-corrected chi connectivity index (χ3v) is 4.03. The molecule has 0 radical (unpaired) electrons. The maximum atomic E-state index is 12.2. The van der Waals surface area contributed by atoms with Crippen LogP contribution in [0.4, 0.5) is 4.79 Å². The van der Waals surface area contributed by atoms with Crippen molar-refractivity contribution >= 4 is 6.03 Å². The molecule has 1 saturated heterocycles. The highest BCUT2D eigenvalue weighted by atomic mass is 16.5. The lowest BCUT2D eigenvalue weighted by atomic mass is 10.0. The van der Waals surface area contributed by atoms with Crippen LogP contribution in [0.5, 0.6) is 0 Å². The molecule has 6 nitrogen and oxygen atoms in total. The number of urea groups is 1. The zero-order chi connectivity index (χ0) is 15.3. The number of carbonyl (C=O) groups excluding carboxylic acids is 1. The largest absolute Gasteiger partial charge is 0.372 e. The van der Waals surface area contributed by atoms with Crippen molar-refractivity contribution in [3.8, 4) is 0 Å². The molecule has 0 unspecified atom stereocenters. The fourth-order valence-corrected chi connectivity index (χ4v) is 2.48. The van der Waals surface area contributed by atoms with E-state index >= 15 is 0 Å². The third kappa shape index (κ3) is 4.46. The van der Waals surface area contributed by atoms with Gasteiger partial charge in [-0.2, -0.15) is 5.10 Å². The van der Waals surface area contributed by atoms with Gasteiger partial charge in [-0.3, -0.25) is 4.68 Å². The lowest BCUT2D eigenvalue weighted by Crippen LogP contribution is -2.54. The molecule has 0 saturated carbocycles. The van der Waals surface area contributed by atoms with E-state index in [2.05, 4.69) is 31.2 Å². The number of rotatable bonds is 5. The Hall–Kier alpha value is -1.56. The maximum absolute atomic E-state index is 12.2. The second kappa shape index (κ2) is 6.93. The molecule has 0 aliphatic carbocycles.